The lowest BCUT2D eigenvalue weighted by atomic mass is 10.1. The molecule has 9 heteroatoms. The van der Waals surface area contributed by atoms with Crippen LogP contribution < -0.4 is 10.2 Å². The van der Waals surface area contributed by atoms with E-state index in [9.17, 15) is 15.4 Å². The van der Waals surface area contributed by atoms with Crippen molar-refractivity contribution < 1.29 is 14.4 Å². The third-order valence-corrected chi connectivity index (χ3v) is 4.46. The van der Waals surface area contributed by atoms with Crippen molar-refractivity contribution in [1.29, 1.82) is 5.26 Å². The van der Waals surface area contributed by atoms with Crippen LogP contribution in [-0.4, -0.2) is 23.2 Å². The van der Waals surface area contributed by atoms with Gasteiger partial charge < -0.3 is 9.47 Å². The maximum atomic E-state index is 10.7. The predicted molar refractivity (Wildman–Crippen MR) is 119 cm³/mol. The zero-order chi connectivity index (χ0) is 22.9. The molecule has 0 aliphatic rings. The molecule has 3 aromatic rings. The minimum Gasteiger partial charge on any atom is -0.489 e. The Morgan fingerprint density at radius 3 is 2.53 bits per heavy atom. The number of nitriles is 1. The van der Waals surface area contributed by atoms with Crippen LogP contribution in [0.1, 0.15) is 27.9 Å². The summed E-state index contributed by atoms with van der Waals surface area (Å²) in [5.74, 6) is 1.03. The van der Waals surface area contributed by atoms with Gasteiger partial charge in [-0.2, -0.15) is 10.4 Å². The van der Waals surface area contributed by atoms with Gasteiger partial charge in [0.05, 0.1) is 17.7 Å². The Balaban J connectivity index is 1.60. The minimum atomic E-state index is -0.436. The number of non-ortho nitro benzene ring substituents is 1. The van der Waals surface area contributed by atoms with E-state index in [1.54, 1.807) is 37.6 Å². The van der Waals surface area contributed by atoms with Gasteiger partial charge in [-0.3, -0.25) is 15.5 Å². The van der Waals surface area contributed by atoms with E-state index in [-0.39, 0.29) is 5.69 Å². The zero-order valence-electron chi connectivity index (χ0n) is 17.6. The first-order chi connectivity index (χ1) is 15.5. The average Bonchev–Trinajstić information content (AvgIpc) is 2.79. The van der Waals surface area contributed by atoms with Crippen molar-refractivity contribution in [3.05, 3.63) is 92.7 Å². The highest BCUT2D eigenvalue weighted by Crippen LogP contribution is 2.20. The topological polar surface area (TPSA) is 123 Å². The molecule has 2 aromatic carbocycles. The first-order valence-electron chi connectivity index (χ1n) is 9.65. The minimum absolute atomic E-state index is 0.0451. The number of hydrogen-bond acceptors (Lipinski definition) is 8. The molecule has 1 aromatic heterocycles. The van der Waals surface area contributed by atoms with Gasteiger partial charge in [-0.05, 0) is 60.5 Å². The van der Waals surface area contributed by atoms with Crippen LogP contribution in [0.4, 0.5) is 11.5 Å². The third kappa shape index (κ3) is 5.87. The number of anilines is 1. The van der Waals surface area contributed by atoms with Crippen molar-refractivity contribution in [1.82, 2.24) is 4.98 Å². The monoisotopic (exact) mass is 431 g/mol. The number of nitrogens with zero attached hydrogens (tertiary/aromatic N) is 4. The van der Waals surface area contributed by atoms with E-state index in [4.69, 9.17) is 9.47 Å². The Hall–Kier alpha value is -4.29. The third-order valence-electron chi connectivity index (χ3n) is 4.46. The highest BCUT2D eigenvalue weighted by Gasteiger charge is 2.10. The summed E-state index contributed by atoms with van der Waals surface area (Å²) in [7, 11) is 1.57. The number of ether oxygens (including phenoxy) is 2. The first kappa shape index (κ1) is 22.4. The van der Waals surface area contributed by atoms with E-state index in [0.29, 0.717) is 30.3 Å². The number of methoxy groups -OCH3 is 1. The van der Waals surface area contributed by atoms with Crippen molar-refractivity contribution in [3.63, 3.8) is 0 Å². The molecule has 0 spiro atoms. The Morgan fingerprint density at radius 2 is 1.91 bits per heavy atom. The number of pyridine rings is 1. The van der Waals surface area contributed by atoms with Gasteiger partial charge >= 0.3 is 0 Å². The van der Waals surface area contributed by atoms with Gasteiger partial charge in [0, 0.05) is 30.5 Å². The molecule has 0 unspecified atom stereocenters. The van der Waals surface area contributed by atoms with Gasteiger partial charge in [-0.15, -0.1) is 0 Å². The number of nitro groups is 1. The Kier molecular flexibility index (Phi) is 7.46. The molecular weight excluding hydrogens is 410 g/mol. The van der Waals surface area contributed by atoms with E-state index in [2.05, 4.69) is 21.6 Å². The van der Waals surface area contributed by atoms with Crippen LogP contribution in [-0.2, 0) is 18.0 Å². The lowest BCUT2D eigenvalue weighted by molar-refractivity contribution is -0.384. The van der Waals surface area contributed by atoms with Crippen molar-refractivity contribution in [2.75, 3.05) is 12.5 Å². The summed E-state index contributed by atoms with van der Waals surface area (Å²) in [5, 5.41) is 24.3. The molecule has 0 aliphatic carbocycles. The van der Waals surface area contributed by atoms with Crippen molar-refractivity contribution in [2.24, 2.45) is 5.10 Å². The van der Waals surface area contributed by atoms with E-state index in [1.807, 2.05) is 25.1 Å². The highest BCUT2D eigenvalue weighted by molar-refractivity contribution is 5.80. The fourth-order valence-corrected chi connectivity index (χ4v) is 2.91. The quantitative estimate of drug-likeness (QED) is 0.304. The molecule has 0 saturated carbocycles. The van der Waals surface area contributed by atoms with Crippen molar-refractivity contribution in [3.8, 4) is 11.8 Å². The lowest BCUT2D eigenvalue weighted by Gasteiger charge is -2.09. The molecule has 162 valence electrons. The lowest BCUT2D eigenvalue weighted by Crippen LogP contribution is -2.03. The van der Waals surface area contributed by atoms with Crippen LogP contribution in [0.3, 0.4) is 0 Å². The van der Waals surface area contributed by atoms with Crippen LogP contribution in [0.25, 0.3) is 0 Å². The normalized spacial score (nSPS) is 10.7. The van der Waals surface area contributed by atoms with Gasteiger partial charge in [0.1, 0.15) is 24.0 Å². The number of aromatic nitrogens is 1. The van der Waals surface area contributed by atoms with E-state index < -0.39 is 4.92 Å². The highest BCUT2D eigenvalue weighted by atomic mass is 16.6. The fourth-order valence-electron chi connectivity index (χ4n) is 2.91. The van der Waals surface area contributed by atoms with Gasteiger partial charge in [0.15, 0.2) is 5.82 Å². The maximum absolute atomic E-state index is 10.7. The zero-order valence-corrected chi connectivity index (χ0v) is 17.6. The molecular formula is C23H21N5O4. The Morgan fingerprint density at radius 1 is 1.19 bits per heavy atom. The second kappa shape index (κ2) is 10.7. The second-order valence-corrected chi connectivity index (χ2v) is 6.84. The standard InChI is InChI=1S/C23H21N5O4/c1-16-11-19(15-31-2)22(12-24)23(26-16)27-25-13-17-5-9-21(10-6-17)32-14-18-3-7-20(8-4-18)28(29)30/h3-11,13H,14-15H2,1-2H3,(H,26,27)/b25-13+. The Labute approximate surface area is 185 Å². The molecule has 0 radical (unpaired) electrons. The number of rotatable bonds is 9. The molecule has 0 aliphatic heterocycles. The number of benzene rings is 2. The number of nitrogens with one attached hydrogen (secondary N) is 1. The molecule has 0 fully saturated rings. The summed E-state index contributed by atoms with van der Waals surface area (Å²) in [6.45, 7) is 2.45. The van der Waals surface area contributed by atoms with Crippen LogP contribution in [0.5, 0.6) is 5.75 Å². The number of hydrazone groups is 1. The fraction of sp³-hybridized carbons (Fsp3) is 0.174. The van der Waals surface area contributed by atoms with Gasteiger partial charge in [-0.25, -0.2) is 4.98 Å². The van der Waals surface area contributed by atoms with E-state index in [1.165, 1.54) is 12.1 Å². The van der Waals surface area contributed by atoms with Crippen LogP contribution >= 0.6 is 0 Å². The molecule has 0 saturated heterocycles. The molecule has 32 heavy (non-hydrogen) atoms. The molecule has 0 atom stereocenters. The summed E-state index contributed by atoms with van der Waals surface area (Å²) in [4.78, 5) is 14.6. The van der Waals surface area contributed by atoms with Gasteiger partial charge in [-0.1, -0.05) is 0 Å². The smallest absolute Gasteiger partial charge is 0.269 e. The van der Waals surface area contributed by atoms with Crippen molar-refractivity contribution in [2.45, 2.75) is 20.1 Å². The predicted octanol–water partition coefficient (Wildman–Crippen LogP) is 4.34. The SMILES string of the molecule is COCc1cc(C)nc(N/N=C/c2ccc(OCc3ccc([N+](=O)[O-])cc3)cc2)c1C#N. The molecule has 9 nitrogen and oxygen atoms in total. The molecule has 3 rings (SSSR count). The van der Waals surface area contributed by atoms with Crippen LogP contribution in [0.15, 0.2) is 59.7 Å². The second-order valence-electron chi connectivity index (χ2n) is 6.84. The van der Waals surface area contributed by atoms with Crippen LogP contribution in [0, 0.1) is 28.4 Å². The molecule has 0 amide bonds. The summed E-state index contributed by atoms with van der Waals surface area (Å²) in [5.41, 5.74) is 6.42. The number of hydrogen-bond donors (Lipinski definition) is 1. The maximum Gasteiger partial charge on any atom is 0.269 e. The van der Waals surface area contributed by atoms with Crippen LogP contribution in [0.2, 0.25) is 0 Å². The number of aryl methyl sites for hydroxylation is 1. The van der Waals surface area contributed by atoms with E-state index in [0.717, 1.165) is 22.4 Å². The summed E-state index contributed by atoms with van der Waals surface area (Å²) in [6, 6.07) is 17.4. The van der Waals surface area contributed by atoms with E-state index >= 15 is 0 Å². The summed E-state index contributed by atoms with van der Waals surface area (Å²) < 4.78 is 10.9. The molecule has 1 N–H and O–H groups in total. The number of nitro benzene ring substituents is 1. The van der Waals surface area contributed by atoms with Crippen molar-refractivity contribution >= 4 is 17.7 Å². The van der Waals surface area contributed by atoms with Gasteiger partial charge in [0.2, 0.25) is 0 Å². The molecule has 0 bridgehead atoms. The van der Waals surface area contributed by atoms with Gasteiger partial charge in [0.25, 0.3) is 5.69 Å². The average molecular weight is 431 g/mol. The summed E-state index contributed by atoms with van der Waals surface area (Å²) >= 11 is 0. The summed E-state index contributed by atoms with van der Waals surface area (Å²) in [6.07, 6.45) is 1.61. The Bertz CT molecular complexity index is 1150. The first-order valence-corrected chi connectivity index (χ1v) is 9.65. The largest absolute Gasteiger partial charge is 0.489 e. The molecule has 1 heterocycles.